The Labute approximate surface area is 60.8 Å². The Kier molecular flexibility index (Phi) is 2.07. The average Bonchev–Trinajstić information content (AvgIpc) is 1.60. The highest BCUT2D eigenvalue weighted by atomic mass is 32.2. The Balaban J connectivity index is 2.41. The molecule has 0 spiro atoms. The van der Waals surface area contributed by atoms with Crippen molar-refractivity contribution in [3.05, 3.63) is 0 Å². The van der Waals surface area contributed by atoms with E-state index in [2.05, 4.69) is 13.8 Å². The lowest BCUT2D eigenvalue weighted by molar-refractivity contribution is 0.147. The molecule has 0 bridgehead atoms. The third-order valence-corrected chi connectivity index (χ3v) is 3.06. The summed E-state index contributed by atoms with van der Waals surface area (Å²) in [5.41, 5.74) is 0. The molecule has 0 aromatic carbocycles. The molecule has 2 heteroatoms. The van der Waals surface area contributed by atoms with Crippen LogP contribution in [-0.4, -0.2) is 21.7 Å². The van der Waals surface area contributed by atoms with Crippen molar-refractivity contribution in [3.63, 3.8) is 0 Å². The van der Waals surface area contributed by atoms with Crippen LogP contribution in [0.5, 0.6) is 0 Å². The molecule has 1 aliphatic rings. The van der Waals surface area contributed by atoms with Gasteiger partial charge in [-0.25, -0.2) is 0 Å². The van der Waals surface area contributed by atoms with E-state index >= 15 is 0 Å². The van der Waals surface area contributed by atoms with E-state index in [0.717, 1.165) is 18.6 Å². The Hall–Kier alpha value is 0.310. The Bertz CT molecular complexity index is 101. The Morgan fingerprint density at radius 2 is 2.22 bits per heavy atom. The zero-order valence-corrected chi connectivity index (χ0v) is 6.87. The van der Waals surface area contributed by atoms with Crippen molar-refractivity contribution >= 4 is 11.8 Å². The van der Waals surface area contributed by atoms with Gasteiger partial charge < -0.3 is 5.11 Å². The van der Waals surface area contributed by atoms with Crippen LogP contribution < -0.4 is 0 Å². The first-order valence-corrected chi connectivity index (χ1v) is 4.41. The van der Waals surface area contributed by atoms with Gasteiger partial charge in [-0.05, 0) is 18.6 Å². The second-order valence-electron chi connectivity index (χ2n) is 3.25. The highest BCUT2D eigenvalue weighted by Gasteiger charge is 2.26. The van der Waals surface area contributed by atoms with Crippen molar-refractivity contribution in [1.29, 1.82) is 0 Å². The van der Waals surface area contributed by atoms with Crippen molar-refractivity contribution in [2.45, 2.75) is 37.5 Å². The molecular weight excluding hydrogens is 132 g/mol. The first-order valence-electron chi connectivity index (χ1n) is 3.42. The van der Waals surface area contributed by atoms with Gasteiger partial charge in [-0.2, -0.15) is 11.8 Å². The van der Waals surface area contributed by atoms with Crippen LogP contribution in [0.1, 0.15) is 26.7 Å². The fourth-order valence-electron chi connectivity index (χ4n) is 1.20. The second-order valence-corrected chi connectivity index (χ2v) is 5.06. The molecule has 1 N–H and O–H groups in total. The average molecular weight is 146 g/mol. The van der Waals surface area contributed by atoms with Crippen LogP contribution in [0.4, 0.5) is 0 Å². The van der Waals surface area contributed by atoms with Gasteiger partial charge in [0.25, 0.3) is 0 Å². The summed E-state index contributed by atoms with van der Waals surface area (Å²) in [4.78, 5) is 0. The maximum atomic E-state index is 9.23. The standard InChI is InChI=1S/C7H14OS/c1-7(2)5-6(8)3-4-9-7/h6,8H,3-5H2,1-2H3. The van der Waals surface area contributed by atoms with Crippen molar-refractivity contribution in [1.82, 2.24) is 0 Å². The fourth-order valence-corrected chi connectivity index (χ4v) is 2.45. The van der Waals surface area contributed by atoms with E-state index in [1.807, 2.05) is 11.8 Å². The monoisotopic (exact) mass is 146 g/mol. The molecule has 1 saturated heterocycles. The van der Waals surface area contributed by atoms with Gasteiger partial charge in [0.05, 0.1) is 6.10 Å². The molecule has 1 heterocycles. The van der Waals surface area contributed by atoms with E-state index in [1.165, 1.54) is 0 Å². The SMILES string of the molecule is CC1(C)CC(O)CCS1. The number of aliphatic hydroxyl groups excluding tert-OH is 1. The lowest BCUT2D eigenvalue weighted by atomic mass is 10.0. The van der Waals surface area contributed by atoms with Gasteiger partial charge in [-0.3, -0.25) is 0 Å². The smallest absolute Gasteiger partial charge is 0.0561 e. The quantitative estimate of drug-likeness (QED) is 0.561. The van der Waals surface area contributed by atoms with Gasteiger partial charge in [-0.15, -0.1) is 0 Å². The summed E-state index contributed by atoms with van der Waals surface area (Å²) in [6.45, 7) is 4.39. The minimum atomic E-state index is -0.0405. The van der Waals surface area contributed by atoms with Gasteiger partial charge in [0.2, 0.25) is 0 Å². The third-order valence-electron chi connectivity index (χ3n) is 1.67. The maximum Gasteiger partial charge on any atom is 0.0561 e. The van der Waals surface area contributed by atoms with E-state index in [9.17, 15) is 5.11 Å². The van der Waals surface area contributed by atoms with Gasteiger partial charge in [0, 0.05) is 4.75 Å². The summed E-state index contributed by atoms with van der Waals surface area (Å²) in [5, 5.41) is 9.23. The second kappa shape index (κ2) is 2.51. The lowest BCUT2D eigenvalue weighted by Gasteiger charge is -2.31. The molecular formula is C7H14OS. The van der Waals surface area contributed by atoms with Gasteiger partial charge in [0.15, 0.2) is 0 Å². The van der Waals surface area contributed by atoms with E-state index in [1.54, 1.807) is 0 Å². The lowest BCUT2D eigenvalue weighted by Crippen LogP contribution is -2.29. The molecule has 1 atom stereocenters. The predicted octanol–water partition coefficient (Wildman–Crippen LogP) is 1.65. The van der Waals surface area contributed by atoms with Crippen molar-refractivity contribution in [2.24, 2.45) is 0 Å². The topological polar surface area (TPSA) is 20.2 Å². The molecule has 1 aliphatic heterocycles. The minimum absolute atomic E-state index is 0.0405. The van der Waals surface area contributed by atoms with Crippen LogP contribution >= 0.6 is 11.8 Å². The number of thioether (sulfide) groups is 1. The number of hydrogen-bond acceptors (Lipinski definition) is 2. The van der Waals surface area contributed by atoms with Crippen LogP contribution in [0.15, 0.2) is 0 Å². The van der Waals surface area contributed by atoms with Crippen LogP contribution in [-0.2, 0) is 0 Å². The van der Waals surface area contributed by atoms with Gasteiger partial charge >= 0.3 is 0 Å². The molecule has 0 saturated carbocycles. The van der Waals surface area contributed by atoms with Crippen LogP contribution in [0.25, 0.3) is 0 Å². The fraction of sp³-hybridized carbons (Fsp3) is 1.00. The first kappa shape index (κ1) is 7.42. The molecule has 1 unspecified atom stereocenters. The maximum absolute atomic E-state index is 9.23. The number of hydrogen-bond donors (Lipinski definition) is 1. The molecule has 0 aliphatic carbocycles. The van der Waals surface area contributed by atoms with Gasteiger partial charge in [0.1, 0.15) is 0 Å². The summed E-state index contributed by atoms with van der Waals surface area (Å²) in [6.07, 6.45) is 1.90. The van der Waals surface area contributed by atoms with E-state index < -0.39 is 0 Å². The van der Waals surface area contributed by atoms with E-state index in [4.69, 9.17) is 0 Å². The molecule has 1 nitrogen and oxygen atoms in total. The summed E-state index contributed by atoms with van der Waals surface area (Å²) >= 11 is 1.96. The van der Waals surface area contributed by atoms with Crippen LogP contribution in [0.3, 0.4) is 0 Å². The van der Waals surface area contributed by atoms with Crippen LogP contribution in [0.2, 0.25) is 0 Å². The third kappa shape index (κ3) is 2.18. The summed E-state index contributed by atoms with van der Waals surface area (Å²) in [6, 6.07) is 0. The minimum Gasteiger partial charge on any atom is -0.393 e. The highest BCUT2D eigenvalue weighted by molar-refractivity contribution is 8.00. The first-order chi connectivity index (χ1) is 4.10. The molecule has 0 radical (unpaired) electrons. The van der Waals surface area contributed by atoms with Crippen LogP contribution in [0, 0.1) is 0 Å². The molecule has 1 fully saturated rings. The molecule has 0 aromatic rings. The van der Waals surface area contributed by atoms with Crippen molar-refractivity contribution in [3.8, 4) is 0 Å². The Morgan fingerprint density at radius 3 is 2.56 bits per heavy atom. The van der Waals surface area contributed by atoms with E-state index in [-0.39, 0.29) is 6.10 Å². The predicted molar refractivity (Wildman–Crippen MR) is 41.8 cm³/mol. The molecule has 0 aromatic heterocycles. The normalized spacial score (nSPS) is 34.3. The Morgan fingerprint density at radius 1 is 1.56 bits per heavy atom. The molecule has 1 rings (SSSR count). The summed E-state index contributed by atoms with van der Waals surface area (Å²) < 4.78 is 0.317. The van der Waals surface area contributed by atoms with E-state index in [0.29, 0.717) is 4.75 Å². The summed E-state index contributed by atoms with van der Waals surface area (Å²) in [5.74, 6) is 1.12. The van der Waals surface area contributed by atoms with Crippen molar-refractivity contribution in [2.75, 3.05) is 5.75 Å². The van der Waals surface area contributed by atoms with Crippen molar-refractivity contribution < 1.29 is 5.11 Å². The molecule has 54 valence electrons. The van der Waals surface area contributed by atoms with Gasteiger partial charge in [-0.1, -0.05) is 13.8 Å². The largest absolute Gasteiger partial charge is 0.393 e. The number of aliphatic hydroxyl groups is 1. The number of rotatable bonds is 0. The highest BCUT2D eigenvalue weighted by Crippen LogP contribution is 2.35. The molecule has 9 heavy (non-hydrogen) atoms. The zero-order valence-electron chi connectivity index (χ0n) is 6.05. The zero-order chi connectivity index (χ0) is 6.91. The molecule has 0 amide bonds. The summed E-state index contributed by atoms with van der Waals surface area (Å²) in [7, 11) is 0.